The van der Waals surface area contributed by atoms with Crippen molar-refractivity contribution in [3.05, 3.63) is 34.6 Å². The lowest BCUT2D eigenvalue weighted by Crippen LogP contribution is -2.43. The molecule has 1 aromatic carbocycles. The Kier molecular flexibility index (Phi) is 3.10. The van der Waals surface area contributed by atoms with Gasteiger partial charge in [-0.05, 0) is 30.5 Å². The topological polar surface area (TPSA) is 46.3 Å². The van der Waals surface area contributed by atoms with Gasteiger partial charge in [0.25, 0.3) is 0 Å². The first kappa shape index (κ1) is 12.3. The molecule has 1 aliphatic carbocycles. The van der Waals surface area contributed by atoms with E-state index in [1.54, 1.807) is 18.0 Å². The van der Waals surface area contributed by atoms with Crippen LogP contribution in [-0.2, 0) is 11.3 Å². The summed E-state index contributed by atoms with van der Waals surface area (Å²) in [4.78, 5) is 13.4. The fraction of sp³-hybridized carbons (Fsp3) is 0.417. The van der Waals surface area contributed by atoms with Crippen LogP contribution in [0.5, 0.6) is 0 Å². The standard InChI is InChI=1S/C12H14ClFN2O/c1-16(11(17)12(15)4-5-12)7-8-2-3-10(14)9(13)6-8/h2-3,6H,4-5,7,15H2,1H3. The minimum Gasteiger partial charge on any atom is -0.340 e. The van der Waals surface area contributed by atoms with Crippen LogP contribution in [0.1, 0.15) is 18.4 Å². The number of amides is 1. The van der Waals surface area contributed by atoms with Crippen LogP contribution in [0, 0.1) is 5.82 Å². The third-order valence-corrected chi connectivity index (χ3v) is 3.25. The molecule has 1 amide bonds. The Bertz CT molecular complexity index is 460. The minimum atomic E-state index is -0.668. The van der Waals surface area contributed by atoms with Gasteiger partial charge in [0.1, 0.15) is 5.82 Å². The maximum atomic E-state index is 13.0. The van der Waals surface area contributed by atoms with E-state index in [9.17, 15) is 9.18 Å². The molecule has 0 radical (unpaired) electrons. The van der Waals surface area contributed by atoms with Crippen molar-refractivity contribution < 1.29 is 9.18 Å². The molecule has 0 saturated heterocycles. The number of carbonyl (C=O) groups is 1. The number of halogens is 2. The molecule has 0 aliphatic heterocycles. The number of likely N-dealkylation sites (N-methyl/N-ethyl adjacent to an activating group) is 1. The molecule has 0 bridgehead atoms. The first-order valence-corrected chi connectivity index (χ1v) is 5.78. The lowest BCUT2D eigenvalue weighted by atomic mass is 10.2. The van der Waals surface area contributed by atoms with Crippen molar-refractivity contribution in [3.63, 3.8) is 0 Å². The SMILES string of the molecule is CN(Cc1ccc(F)c(Cl)c1)C(=O)C1(N)CC1. The van der Waals surface area contributed by atoms with Gasteiger partial charge in [0, 0.05) is 13.6 Å². The number of benzene rings is 1. The third kappa shape index (κ3) is 2.58. The summed E-state index contributed by atoms with van der Waals surface area (Å²) in [6, 6.07) is 4.43. The van der Waals surface area contributed by atoms with Crippen LogP contribution in [0.25, 0.3) is 0 Å². The lowest BCUT2D eigenvalue weighted by molar-refractivity contribution is -0.132. The van der Waals surface area contributed by atoms with Gasteiger partial charge in [0.05, 0.1) is 10.6 Å². The fourth-order valence-electron chi connectivity index (χ4n) is 1.71. The summed E-state index contributed by atoms with van der Waals surface area (Å²) in [5.41, 5.74) is 5.94. The Labute approximate surface area is 104 Å². The maximum absolute atomic E-state index is 13.0. The van der Waals surface area contributed by atoms with E-state index in [-0.39, 0.29) is 10.9 Å². The van der Waals surface area contributed by atoms with Gasteiger partial charge in [-0.3, -0.25) is 4.79 Å². The number of carbonyl (C=O) groups excluding carboxylic acids is 1. The van der Waals surface area contributed by atoms with Gasteiger partial charge in [0.15, 0.2) is 0 Å². The van der Waals surface area contributed by atoms with Gasteiger partial charge < -0.3 is 10.6 Å². The molecule has 1 saturated carbocycles. The quantitative estimate of drug-likeness (QED) is 0.898. The second kappa shape index (κ2) is 4.27. The first-order chi connectivity index (χ1) is 7.92. The molecule has 17 heavy (non-hydrogen) atoms. The molecular formula is C12H14ClFN2O. The predicted octanol–water partition coefficient (Wildman–Crippen LogP) is 1.93. The van der Waals surface area contributed by atoms with Crippen LogP contribution in [0.2, 0.25) is 5.02 Å². The van der Waals surface area contributed by atoms with E-state index >= 15 is 0 Å². The summed E-state index contributed by atoms with van der Waals surface area (Å²) in [6.45, 7) is 0.387. The van der Waals surface area contributed by atoms with Crippen LogP contribution in [0.15, 0.2) is 18.2 Å². The van der Waals surface area contributed by atoms with E-state index in [4.69, 9.17) is 17.3 Å². The summed E-state index contributed by atoms with van der Waals surface area (Å²) < 4.78 is 13.0. The largest absolute Gasteiger partial charge is 0.340 e. The number of rotatable bonds is 3. The zero-order valence-electron chi connectivity index (χ0n) is 9.54. The van der Waals surface area contributed by atoms with Gasteiger partial charge in [-0.15, -0.1) is 0 Å². The second-order valence-electron chi connectivity index (χ2n) is 4.57. The predicted molar refractivity (Wildman–Crippen MR) is 64.0 cm³/mol. The summed E-state index contributed by atoms with van der Waals surface area (Å²) in [5.74, 6) is -0.528. The van der Waals surface area contributed by atoms with Crippen molar-refractivity contribution in [1.29, 1.82) is 0 Å². The van der Waals surface area contributed by atoms with E-state index in [0.717, 1.165) is 18.4 Å². The number of hydrogen-bond donors (Lipinski definition) is 1. The van der Waals surface area contributed by atoms with Gasteiger partial charge >= 0.3 is 0 Å². The second-order valence-corrected chi connectivity index (χ2v) is 4.97. The maximum Gasteiger partial charge on any atom is 0.242 e. The zero-order chi connectivity index (χ0) is 12.6. The first-order valence-electron chi connectivity index (χ1n) is 5.41. The molecule has 2 rings (SSSR count). The van der Waals surface area contributed by atoms with Crippen molar-refractivity contribution >= 4 is 17.5 Å². The van der Waals surface area contributed by atoms with Crippen LogP contribution in [0.4, 0.5) is 4.39 Å². The Morgan fingerprint density at radius 3 is 2.76 bits per heavy atom. The summed E-state index contributed by atoms with van der Waals surface area (Å²) in [5, 5.41) is 0.0669. The fourth-order valence-corrected chi connectivity index (χ4v) is 1.92. The Hall–Kier alpha value is -1.13. The molecule has 0 unspecified atom stereocenters. The third-order valence-electron chi connectivity index (χ3n) is 2.97. The lowest BCUT2D eigenvalue weighted by Gasteiger charge is -2.21. The van der Waals surface area contributed by atoms with Gasteiger partial charge in [0.2, 0.25) is 5.91 Å². The highest BCUT2D eigenvalue weighted by Crippen LogP contribution is 2.34. The molecule has 0 spiro atoms. The van der Waals surface area contributed by atoms with E-state index in [2.05, 4.69) is 0 Å². The summed E-state index contributed by atoms with van der Waals surface area (Å²) >= 11 is 5.68. The molecule has 1 aliphatic rings. The molecular weight excluding hydrogens is 243 g/mol. The summed E-state index contributed by atoms with van der Waals surface area (Å²) in [7, 11) is 1.69. The van der Waals surface area contributed by atoms with Gasteiger partial charge in [-0.1, -0.05) is 17.7 Å². The number of hydrogen-bond acceptors (Lipinski definition) is 2. The van der Waals surface area contributed by atoms with Crippen LogP contribution in [-0.4, -0.2) is 23.4 Å². The number of nitrogens with two attached hydrogens (primary N) is 1. The molecule has 92 valence electrons. The van der Waals surface area contributed by atoms with Gasteiger partial charge in [-0.2, -0.15) is 0 Å². The van der Waals surface area contributed by atoms with E-state index in [1.807, 2.05) is 0 Å². The summed E-state index contributed by atoms with van der Waals surface area (Å²) in [6.07, 6.45) is 1.47. The number of nitrogens with zero attached hydrogens (tertiary/aromatic N) is 1. The highest BCUT2D eigenvalue weighted by molar-refractivity contribution is 6.30. The Morgan fingerprint density at radius 1 is 1.59 bits per heavy atom. The average Bonchev–Trinajstić information content (AvgIpc) is 3.02. The molecule has 0 atom stereocenters. The highest BCUT2D eigenvalue weighted by Gasteiger charge is 2.47. The zero-order valence-corrected chi connectivity index (χ0v) is 10.3. The average molecular weight is 257 g/mol. The molecule has 1 aromatic rings. The van der Waals surface area contributed by atoms with Crippen molar-refractivity contribution in [2.24, 2.45) is 5.73 Å². The molecule has 1 fully saturated rings. The van der Waals surface area contributed by atoms with Crippen LogP contribution in [0.3, 0.4) is 0 Å². The molecule has 5 heteroatoms. The normalized spacial score (nSPS) is 16.7. The monoisotopic (exact) mass is 256 g/mol. The Balaban J connectivity index is 2.05. The van der Waals surface area contributed by atoms with Crippen LogP contribution < -0.4 is 5.73 Å². The van der Waals surface area contributed by atoms with Crippen molar-refractivity contribution in [1.82, 2.24) is 4.90 Å². The van der Waals surface area contributed by atoms with Gasteiger partial charge in [-0.25, -0.2) is 4.39 Å². The molecule has 3 nitrogen and oxygen atoms in total. The Morgan fingerprint density at radius 2 is 2.24 bits per heavy atom. The molecule has 0 heterocycles. The minimum absolute atomic E-state index is 0.0669. The molecule has 2 N–H and O–H groups in total. The smallest absolute Gasteiger partial charge is 0.242 e. The van der Waals surface area contributed by atoms with Crippen molar-refractivity contribution in [2.75, 3.05) is 7.05 Å². The van der Waals surface area contributed by atoms with E-state index in [1.165, 1.54) is 12.1 Å². The van der Waals surface area contributed by atoms with E-state index < -0.39 is 11.4 Å². The van der Waals surface area contributed by atoms with Crippen molar-refractivity contribution in [2.45, 2.75) is 24.9 Å². The molecule has 0 aromatic heterocycles. The van der Waals surface area contributed by atoms with E-state index in [0.29, 0.717) is 6.54 Å². The van der Waals surface area contributed by atoms with Crippen molar-refractivity contribution in [3.8, 4) is 0 Å². The highest BCUT2D eigenvalue weighted by atomic mass is 35.5. The van der Waals surface area contributed by atoms with Crippen LogP contribution >= 0.6 is 11.6 Å².